The molecule has 1 atom stereocenters. The molecule has 0 bridgehead atoms. The average molecular weight is 242 g/mol. The Morgan fingerprint density at radius 3 is 2.31 bits per heavy atom. The summed E-state index contributed by atoms with van der Waals surface area (Å²) in [6, 6.07) is 5.95. The van der Waals surface area contributed by atoms with Gasteiger partial charge in [0.05, 0.1) is 10.8 Å². The molecule has 0 amide bonds. The van der Waals surface area contributed by atoms with Crippen LogP contribution < -0.4 is 0 Å². The molecule has 0 aromatic heterocycles. The van der Waals surface area contributed by atoms with Crippen LogP contribution in [-0.4, -0.2) is 9.96 Å². The van der Waals surface area contributed by atoms with E-state index in [1.807, 2.05) is 0 Å². The van der Waals surface area contributed by atoms with E-state index in [1.54, 1.807) is 12.1 Å². The van der Waals surface area contributed by atoms with Gasteiger partial charge in [0, 0.05) is 10.6 Å². The normalized spacial score (nSPS) is 12.6. The van der Waals surface area contributed by atoms with Crippen LogP contribution in [0, 0.1) is 5.82 Å². The SMILES string of the molecule is CCCCCCCS(=O)c1ccc(F)cc1. The van der Waals surface area contributed by atoms with Gasteiger partial charge >= 0.3 is 0 Å². The van der Waals surface area contributed by atoms with Crippen molar-refractivity contribution >= 4 is 10.8 Å². The molecule has 0 heterocycles. The van der Waals surface area contributed by atoms with Crippen LogP contribution in [0.1, 0.15) is 39.0 Å². The first-order valence-electron chi connectivity index (χ1n) is 5.88. The molecule has 0 aliphatic carbocycles. The molecular weight excluding hydrogens is 223 g/mol. The summed E-state index contributed by atoms with van der Waals surface area (Å²) in [7, 11) is -0.964. The zero-order valence-corrected chi connectivity index (χ0v) is 10.6. The molecule has 0 radical (unpaired) electrons. The van der Waals surface area contributed by atoms with E-state index in [0.29, 0.717) is 5.75 Å². The van der Waals surface area contributed by atoms with E-state index in [0.717, 1.165) is 17.7 Å². The summed E-state index contributed by atoms with van der Waals surface area (Å²) in [5.41, 5.74) is 0. The van der Waals surface area contributed by atoms with Gasteiger partial charge in [0.25, 0.3) is 0 Å². The number of rotatable bonds is 7. The molecule has 0 spiro atoms. The van der Waals surface area contributed by atoms with Crippen LogP contribution in [0.25, 0.3) is 0 Å². The Balaban J connectivity index is 2.27. The molecule has 0 aliphatic rings. The molecule has 0 saturated carbocycles. The molecule has 0 N–H and O–H groups in total. The topological polar surface area (TPSA) is 17.1 Å². The monoisotopic (exact) mass is 242 g/mol. The van der Waals surface area contributed by atoms with E-state index in [2.05, 4.69) is 6.92 Å². The van der Waals surface area contributed by atoms with Crippen molar-refractivity contribution in [2.24, 2.45) is 0 Å². The zero-order chi connectivity index (χ0) is 11.8. The zero-order valence-electron chi connectivity index (χ0n) is 9.75. The quantitative estimate of drug-likeness (QED) is 0.663. The predicted octanol–water partition coefficient (Wildman–Crippen LogP) is 3.90. The lowest BCUT2D eigenvalue weighted by molar-refractivity contribution is 0.626. The molecule has 0 fully saturated rings. The Morgan fingerprint density at radius 1 is 1.06 bits per heavy atom. The van der Waals surface area contributed by atoms with Gasteiger partial charge in [-0.15, -0.1) is 0 Å². The van der Waals surface area contributed by atoms with Crippen LogP contribution >= 0.6 is 0 Å². The fourth-order valence-electron chi connectivity index (χ4n) is 1.54. The minimum Gasteiger partial charge on any atom is -0.254 e. The number of hydrogen-bond donors (Lipinski definition) is 0. The lowest BCUT2D eigenvalue weighted by Crippen LogP contribution is -1.98. The fraction of sp³-hybridized carbons (Fsp3) is 0.538. The Bertz CT molecular complexity index is 321. The van der Waals surface area contributed by atoms with Crippen LogP contribution in [0.3, 0.4) is 0 Å². The largest absolute Gasteiger partial charge is 0.254 e. The second-order valence-corrected chi connectivity index (χ2v) is 5.49. The van der Waals surface area contributed by atoms with Crippen molar-refractivity contribution in [1.82, 2.24) is 0 Å². The van der Waals surface area contributed by atoms with Crippen LogP contribution in [0.5, 0.6) is 0 Å². The maximum absolute atomic E-state index is 12.6. The summed E-state index contributed by atoms with van der Waals surface area (Å²) in [5, 5.41) is 0. The summed E-state index contributed by atoms with van der Waals surface area (Å²) in [4.78, 5) is 0.733. The maximum atomic E-state index is 12.6. The Morgan fingerprint density at radius 2 is 1.69 bits per heavy atom. The third-order valence-electron chi connectivity index (χ3n) is 2.51. The molecule has 16 heavy (non-hydrogen) atoms. The highest BCUT2D eigenvalue weighted by Gasteiger charge is 2.03. The van der Waals surface area contributed by atoms with Crippen molar-refractivity contribution in [1.29, 1.82) is 0 Å². The number of hydrogen-bond acceptors (Lipinski definition) is 1. The first-order valence-corrected chi connectivity index (χ1v) is 7.20. The molecule has 1 unspecified atom stereocenters. The Hall–Kier alpha value is -0.700. The van der Waals surface area contributed by atoms with Crippen molar-refractivity contribution in [2.45, 2.75) is 43.9 Å². The van der Waals surface area contributed by atoms with Crippen molar-refractivity contribution in [3.05, 3.63) is 30.1 Å². The van der Waals surface area contributed by atoms with Crippen molar-refractivity contribution < 1.29 is 8.60 Å². The maximum Gasteiger partial charge on any atom is 0.123 e. The summed E-state index contributed by atoms with van der Waals surface area (Å²) >= 11 is 0. The van der Waals surface area contributed by atoms with E-state index < -0.39 is 10.8 Å². The van der Waals surface area contributed by atoms with E-state index >= 15 is 0 Å². The van der Waals surface area contributed by atoms with Gasteiger partial charge in [-0.05, 0) is 30.7 Å². The first-order chi connectivity index (χ1) is 7.74. The van der Waals surface area contributed by atoms with E-state index in [9.17, 15) is 8.60 Å². The van der Waals surface area contributed by atoms with Gasteiger partial charge < -0.3 is 0 Å². The summed E-state index contributed by atoms with van der Waals surface area (Å²) in [6.07, 6.45) is 5.83. The molecule has 90 valence electrons. The number of unbranched alkanes of at least 4 members (excludes halogenated alkanes) is 4. The second-order valence-electron chi connectivity index (χ2n) is 3.92. The molecule has 1 aromatic rings. The molecule has 1 rings (SSSR count). The van der Waals surface area contributed by atoms with Gasteiger partial charge in [0.15, 0.2) is 0 Å². The van der Waals surface area contributed by atoms with Crippen LogP contribution in [-0.2, 0) is 10.8 Å². The summed E-state index contributed by atoms with van der Waals surface area (Å²) in [6.45, 7) is 2.18. The molecule has 1 nitrogen and oxygen atoms in total. The van der Waals surface area contributed by atoms with Gasteiger partial charge in [-0.25, -0.2) is 4.39 Å². The van der Waals surface area contributed by atoms with Crippen LogP contribution in [0.2, 0.25) is 0 Å². The highest BCUT2D eigenvalue weighted by molar-refractivity contribution is 7.85. The highest BCUT2D eigenvalue weighted by atomic mass is 32.2. The Labute approximate surface area is 99.5 Å². The molecule has 3 heteroatoms. The van der Waals surface area contributed by atoms with Gasteiger partial charge in [0.2, 0.25) is 0 Å². The lowest BCUT2D eigenvalue weighted by Gasteiger charge is -2.02. The van der Waals surface area contributed by atoms with Gasteiger partial charge in [-0.1, -0.05) is 32.6 Å². The first kappa shape index (κ1) is 13.4. The Kier molecular flexibility index (Phi) is 6.31. The average Bonchev–Trinajstić information content (AvgIpc) is 2.29. The van der Waals surface area contributed by atoms with Crippen molar-refractivity contribution in [2.75, 3.05) is 5.75 Å². The number of benzene rings is 1. The van der Waals surface area contributed by atoms with Gasteiger partial charge in [-0.2, -0.15) is 0 Å². The summed E-state index contributed by atoms with van der Waals surface area (Å²) < 4.78 is 24.4. The van der Waals surface area contributed by atoms with E-state index in [-0.39, 0.29) is 5.82 Å². The molecule has 1 aromatic carbocycles. The second kappa shape index (κ2) is 7.55. The van der Waals surface area contributed by atoms with Crippen molar-refractivity contribution in [3.63, 3.8) is 0 Å². The van der Waals surface area contributed by atoms with Crippen molar-refractivity contribution in [3.8, 4) is 0 Å². The standard InChI is InChI=1S/C13H19FOS/c1-2-3-4-5-6-11-16(15)13-9-7-12(14)8-10-13/h7-10H,2-6,11H2,1H3. The van der Waals surface area contributed by atoms with E-state index in [1.165, 1.54) is 31.4 Å². The predicted molar refractivity (Wildman–Crippen MR) is 66.4 cm³/mol. The van der Waals surface area contributed by atoms with Crippen LogP contribution in [0.4, 0.5) is 4.39 Å². The lowest BCUT2D eigenvalue weighted by atomic mass is 10.2. The summed E-state index contributed by atoms with van der Waals surface area (Å²) in [5.74, 6) is 0.415. The minimum absolute atomic E-state index is 0.274. The third-order valence-corrected chi connectivity index (χ3v) is 3.97. The molecule has 0 aliphatic heterocycles. The minimum atomic E-state index is -0.964. The number of halogens is 1. The fourth-order valence-corrected chi connectivity index (χ4v) is 2.68. The van der Waals surface area contributed by atoms with E-state index in [4.69, 9.17) is 0 Å². The molecular formula is C13H19FOS. The highest BCUT2D eigenvalue weighted by Crippen LogP contribution is 2.11. The van der Waals surface area contributed by atoms with Crippen LogP contribution in [0.15, 0.2) is 29.2 Å². The molecule has 0 saturated heterocycles. The smallest absolute Gasteiger partial charge is 0.123 e. The van der Waals surface area contributed by atoms with Gasteiger partial charge in [-0.3, -0.25) is 4.21 Å². The van der Waals surface area contributed by atoms with Gasteiger partial charge in [0.1, 0.15) is 5.82 Å². The third kappa shape index (κ3) is 4.88.